The lowest BCUT2D eigenvalue weighted by Crippen LogP contribution is -2.12. The van der Waals surface area contributed by atoms with E-state index in [0.717, 1.165) is 79.6 Å². The Morgan fingerprint density at radius 2 is 1.58 bits per heavy atom. The normalized spacial score (nSPS) is 14.1. The highest BCUT2D eigenvalue weighted by molar-refractivity contribution is 7.90. The number of fused-ring (bicyclic) bond motifs is 5. The molecule has 0 aliphatic carbocycles. The molecular formula is C52H43N3O5S2. The molecule has 0 spiro atoms. The molecule has 1 atom stereocenters. The van der Waals surface area contributed by atoms with E-state index in [1.54, 1.807) is 41.7 Å². The lowest BCUT2D eigenvalue weighted by molar-refractivity contribution is -0.134. The summed E-state index contributed by atoms with van der Waals surface area (Å²) in [7, 11) is -3.92. The number of nitrogens with one attached hydrogen (secondary N) is 2. The number of rotatable bonds is 11. The van der Waals surface area contributed by atoms with Crippen LogP contribution in [0.1, 0.15) is 69.1 Å². The van der Waals surface area contributed by atoms with Crippen molar-refractivity contribution in [2.75, 3.05) is 11.9 Å². The molecule has 4 heterocycles. The zero-order chi connectivity index (χ0) is 42.4. The number of nitrogens with zero attached hydrogens (tertiary/aromatic N) is 1. The van der Waals surface area contributed by atoms with Crippen LogP contribution in [0, 0.1) is 6.92 Å². The van der Waals surface area contributed by atoms with Crippen LogP contribution in [0.3, 0.4) is 0 Å². The molecule has 1 unspecified atom stereocenters. The first-order valence-corrected chi connectivity index (χ1v) is 23.2. The summed E-state index contributed by atoms with van der Waals surface area (Å²) in [4.78, 5) is 31.0. The van der Waals surface area contributed by atoms with Gasteiger partial charge in [-0.05, 0) is 101 Å². The quantitative estimate of drug-likeness (QED) is 0.0762. The second kappa shape index (κ2) is 16.3. The van der Waals surface area contributed by atoms with E-state index in [1.165, 1.54) is 14.1 Å². The number of benzene rings is 6. The second-order valence-electron chi connectivity index (χ2n) is 16.0. The monoisotopic (exact) mass is 853 g/mol. The van der Waals surface area contributed by atoms with Gasteiger partial charge in [-0.15, -0.1) is 11.3 Å². The fraction of sp³-hybridized carbons (Fsp3) is 0.154. The summed E-state index contributed by atoms with van der Waals surface area (Å²) in [6, 6.07) is 44.6. The molecule has 0 radical (unpaired) electrons. The van der Waals surface area contributed by atoms with E-state index in [-0.39, 0.29) is 29.4 Å². The van der Waals surface area contributed by atoms with Gasteiger partial charge in [-0.2, -0.15) is 0 Å². The number of aromatic amines is 1. The second-order valence-corrected chi connectivity index (χ2v) is 19.0. The van der Waals surface area contributed by atoms with Gasteiger partial charge < -0.3 is 15.0 Å². The average molecular weight is 854 g/mol. The fourth-order valence-corrected chi connectivity index (χ4v) is 11.3. The van der Waals surface area contributed by atoms with Crippen molar-refractivity contribution in [1.29, 1.82) is 0 Å². The Balaban J connectivity index is 0.955. The summed E-state index contributed by atoms with van der Waals surface area (Å²) in [5.74, 6) is -0.216. The number of ether oxygens (including phenoxy) is 1. The molecule has 8 nitrogen and oxygen atoms in total. The Morgan fingerprint density at radius 3 is 2.39 bits per heavy atom. The molecule has 6 aromatic carbocycles. The molecule has 62 heavy (non-hydrogen) atoms. The molecule has 0 fully saturated rings. The predicted octanol–water partition coefficient (Wildman–Crippen LogP) is 12.0. The van der Waals surface area contributed by atoms with Crippen molar-refractivity contribution in [3.05, 3.63) is 185 Å². The number of aryl methyl sites for hydroxylation is 1. The predicted molar refractivity (Wildman–Crippen MR) is 249 cm³/mol. The van der Waals surface area contributed by atoms with E-state index in [2.05, 4.69) is 34.6 Å². The van der Waals surface area contributed by atoms with Gasteiger partial charge in [-0.25, -0.2) is 12.4 Å². The third kappa shape index (κ3) is 7.50. The fourth-order valence-electron chi connectivity index (χ4n) is 8.83. The maximum atomic E-state index is 14.4. The number of esters is 1. The summed E-state index contributed by atoms with van der Waals surface area (Å²) >= 11 is 1.73. The van der Waals surface area contributed by atoms with Crippen LogP contribution in [0.5, 0.6) is 5.75 Å². The first-order valence-electron chi connectivity index (χ1n) is 20.9. The molecule has 0 saturated carbocycles. The number of hydrogen-bond donors (Lipinski definition) is 2. The minimum absolute atomic E-state index is 0.0377. The number of carbonyl (C=O) groups excluding carboxylic acids is 2. The molecule has 0 saturated heterocycles. The number of carbonyl (C=O) groups is 2. The molecule has 1 aliphatic heterocycles. The number of ketones is 1. The SMILES string of the molecule is Cc1ccc(S(=O)(=O)n2cc(Cc3cc4ccccc4s3)c3c4c(ccc32)C(c2c[nH]c3ccc(OC(=O)CCC(=O)c5ccc(-c6ccccc6)cc5)cc23)CCCN4)cc1. The maximum Gasteiger partial charge on any atom is 0.311 e. The van der Waals surface area contributed by atoms with Gasteiger partial charge in [0.15, 0.2) is 5.78 Å². The standard InChI is InChI=1S/C52H43N3O5S2/c1-33-13-20-41(21-14-33)62(58,59)55-32-38(29-40-28-37-10-5-6-12-49(37)61-40)51-47(55)24-22-43-42(11-7-27-53-52(43)51)45-31-54-46-23-19-39(30-44(45)46)60-50(57)26-25-48(56)36-17-15-35(16-18-36)34-8-3-2-4-9-34/h2-6,8-10,12-24,28,30-32,42,53-54H,7,11,25-27,29H2,1H3. The summed E-state index contributed by atoms with van der Waals surface area (Å²) in [6.07, 6.45) is 6.16. The van der Waals surface area contributed by atoms with Crippen LogP contribution >= 0.6 is 11.3 Å². The molecule has 2 N–H and O–H groups in total. The van der Waals surface area contributed by atoms with Crippen LogP contribution < -0.4 is 10.1 Å². The van der Waals surface area contributed by atoms with Crippen molar-refractivity contribution >= 4 is 70.7 Å². The molecule has 10 heteroatoms. The summed E-state index contributed by atoms with van der Waals surface area (Å²) < 4.78 is 37.3. The molecule has 3 aromatic heterocycles. The van der Waals surface area contributed by atoms with Gasteiger partial charge in [0, 0.05) is 74.8 Å². The average Bonchev–Trinajstić information content (AvgIpc) is 3.97. The molecule has 1 aliphatic rings. The van der Waals surface area contributed by atoms with Crippen molar-refractivity contribution in [1.82, 2.24) is 8.96 Å². The van der Waals surface area contributed by atoms with Crippen LogP contribution in [-0.4, -0.2) is 35.7 Å². The van der Waals surface area contributed by atoms with Crippen molar-refractivity contribution in [2.24, 2.45) is 0 Å². The largest absolute Gasteiger partial charge is 0.426 e. The third-order valence-electron chi connectivity index (χ3n) is 12.0. The maximum absolute atomic E-state index is 14.4. The number of H-pyrrole nitrogens is 1. The summed E-state index contributed by atoms with van der Waals surface area (Å²) in [5.41, 5.74) is 9.20. The first kappa shape index (κ1) is 39.4. The van der Waals surface area contributed by atoms with Crippen LogP contribution in [0.4, 0.5) is 5.69 Å². The van der Waals surface area contributed by atoms with Crippen molar-refractivity contribution in [3.63, 3.8) is 0 Å². The molecule has 0 bridgehead atoms. The Labute approximate surface area is 363 Å². The Kier molecular flexibility index (Phi) is 10.3. The van der Waals surface area contributed by atoms with Crippen LogP contribution in [0.15, 0.2) is 157 Å². The van der Waals surface area contributed by atoms with E-state index >= 15 is 0 Å². The Morgan fingerprint density at radius 1 is 0.806 bits per heavy atom. The Hall–Kier alpha value is -6.75. The van der Waals surface area contributed by atoms with Gasteiger partial charge in [0.25, 0.3) is 10.0 Å². The van der Waals surface area contributed by atoms with Crippen LogP contribution in [-0.2, 0) is 21.2 Å². The van der Waals surface area contributed by atoms with Gasteiger partial charge in [0.1, 0.15) is 5.75 Å². The van der Waals surface area contributed by atoms with Gasteiger partial charge in [-0.3, -0.25) is 9.59 Å². The minimum Gasteiger partial charge on any atom is -0.426 e. The van der Waals surface area contributed by atoms with Crippen molar-refractivity contribution in [2.45, 2.75) is 49.8 Å². The number of thiophene rings is 1. The number of hydrogen-bond acceptors (Lipinski definition) is 7. The zero-order valence-corrected chi connectivity index (χ0v) is 35.7. The van der Waals surface area contributed by atoms with Gasteiger partial charge in [-0.1, -0.05) is 96.6 Å². The zero-order valence-electron chi connectivity index (χ0n) is 34.1. The van der Waals surface area contributed by atoms with Crippen LogP contribution in [0.25, 0.3) is 43.0 Å². The van der Waals surface area contributed by atoms with Crippen molar-refractivity contribution in [3.8, 4) is 16.9 Å². The highest BCUT2D eigenvalue weighted by Gasteiger charge is 2.29. The van der Waals surface area contributed by atoms with E-state index in [9.17, 15) is 18.0 Å². The van der Waals surface area contributed by atoms with Gasteiger partial charge in [0.2, 0.25) is 0 Å². The molecule has 308 valence electrons. The van der Waals surface area contributed by atoms with E-state index in [1.807, 2.05) is 104 Å². The molecule has 9 aromatic rings. The van der Waals surface area contributed by atoms with Gasteiger partial charge in [0.05, 0.1) is 16.8 Å². The van der Waals surface area contributed by atoms with Crippen molar-refractivity contribution < 1.29 is 22.7 Å². The number of anilines is 1. The summed E-state index contributed by atoms with van der Waals surface area (Å²) in [5, 5.41) is 6.75. The lowest BCUT2D eigenvalue weighted by atomic mass is 9.86. The van der Waals surface area contributed by atoms with Crippen LogP contribution in [0.2, 0.25) is 0 Å². The van der Waals surface area contributed by atoms with Gasteiger partial charge >= 0.3 is 5.97 Å². The number of aromatic nitrogens is 2. The molecule has 10 rings (SSSR count). The van der Waals surface area contributed by atoms with E-state index in [0.29, 0.717) is 23.3 Å². The topological polar surface area (TPSA) is 110 Å². The Bertz CT molecular complexity index is 3220. The first-order chi connectivity index (χ1) is 30.2. The van der Waals surface area contributed by atoms with E-state index < -0.39 is 16.0 Å². The minimum atomic E-state index is -3.92. The smallest absolute Gasteiger partial charge is 0.311 e. The molecular weight excluding hydrogens is 811 g/mol. The number of Topliss-reactive ketones (excluding diaryl/α,β-unsaturated/α-hetero) is 1. The summed E-state index contributed by atoms with van der Waals surface area (Å²) in [6.45, 7) is 2.67. The molecule has 0 amide bonds. The highest BCUT2D eigenvalue weighted by Crippen LogP contribution is 2.45. The highest BCUT2D eigenvalue weighted by atomic mass is 32.2. The third-order valence-corrected chi connectivity index (χ3v) is 14.8. The lowest BCUT2D eigenvalue weighted by Gasteiger charge is -2.19. The van der Waals surface area contributed by atoms with E-state index in [4.69, 9.17) is 4.74 Å².